The number of halogens is 1. The molecule has 2 rings (SSSR count). The molecule has 2 aromatic rings. The fourth-order valence-corrected chi connectivity index (χ4v) is 2.50. The number of amides is 2. The van der Waals surface area contributed by atoms with E-state index in [1.54, 1.807) is 48.5 Å². The molecule has 5 nitrogen and oxygen atoms in total. The van der Waals surface area contributed by atoms with Crippen molar-refractivity contribution >= 4 is 34.9 Å². The predicted octanol–water partition coefficient (Wildman–Crippen LogP) is 3.75. The van der Waals surface area contributed by atoms with E-state index in [0.717, 1.165) is 5.56 Å². The first kappa shape index (κ1) is 18.7. The van der Waals surface area contributed by atoms with Crippen molar-refractivity contribution in [1.82, 2.24) is 5.32 Å². The van der Waals surface area contributed by atoms with Crippen LogP contribution in [-0.2, 0) is 9.59 Å². The summed E-state index contributed by atoms with van der Waals surface area (Å²) in [5, 5.41) is 6.12. The molecule has 0 fully saturated rings. The molecule has 130 valence electrons. The van der Waals surface area contributed by atoms with Crippen molar-refractivity contribution in [2.45, 2.75) is 26.3 Å². The summed E-state index contributed by atoms with van der Waals surface area (Å²) in [6, 6.07) is 13.2. The van der Waals surface area contributed by atoms with E-state index in [2.05, 4.69) is 10.6 Å². The second-order valence-corrected chi connectivity index (χ2v) is 6.13. The minimum atomic E-state index is -0.453. The van der Waals surface area contributed by atoms with E-state index in [9.17, 15) is 14.4 Å². The minimum Gasteiger partial charge on any atom is -0.349 e. The summed E-state index contributed by atoms with van der Waals surface area (Å²) < 4.78 is 0. The quantitative estimate of drug-likeness (QED) is 0.772. The number of hydrogen-bond donors (Lipinski definition) is 2. The first-order valence-corrected chi connectivity index (χ1v) is 8.16. The van der Waals surface area contributed by atoms with Gasteiger partial charge in [-0.2, -0.15) is 0 Å². The Labute approximate surface area is 151 Å². The maximum Gasteiger partial charge on any atom is 0.226 e. The number of carbonyl (C=O) groups excluding carboxylic acids is 3. The zero-order chi connectivity index (χ0) is 18.4. The fourth-order valence-electron chi connectivity index (χ4n) is 2.38. The van der Waals surface area contributed by atoms with Crippen molar-refractivity contribution in [3.63, 3.8) is 0 Å². The minimum absolute atomic E-state index is 0.0358. The van der Waals surface area contributed by atoms with Crippen LogP contribution >= 0.6 is 11.6 Å². The van der Waals surface area contributed by atoms with Gasteiger partial charge in [0.05, 0.1) is 12.5 Å². The predicted molar refractivity (Wildman–Crippen MR) is 97.7 cm³/mol. The average Bonchev–Trinajstić information content (AvgIpc) is 2.55. The smallest absolute Gasteiger partial charge is 0.226 e. The number of carbonyl (C=O) groups is 3. The number of Topliss-reactive ketones (excluding diaryl/α,β-unsaturated/α-hetero) is 1. The van der Waals surface area contributed by atoms with E-state index < -0.39 is 6.04 Å². The van der Waals surface area contributed by atoms with Crippen molar-refractivity contribution in [2.75, 3.05) is 5.32 Å². The standard InChI is InChI=1S/C19H19ClN2O3/c1-12(23)14-5-9-17(10-6-14)22-19(25)11-18(21-13(2)24)15-3-7-16(20)8-4-15/h3-10,18H,11H2,1-2H3,(H,21,24)(H,22,25). The van der Waals surface area contributed by atoms with E-state index in [4.69, 9.17) is 11.6 Å². The lowest BCUT2D eigenvalue weighted by Gasteiger charge is -2.18. The summed E-state index contributed by atoms with van der Waals surface area (Å²) in [7, 11) is 0. The summed E-state index contributed by atoms with van der Waals surface area (Å²) in [5.41, 5.74) is 1.96. The van der Waals surface area contributed by atoms with Crippen LogP contribution in [0.3, 0.4) is 0 Å². The molecule has 2 aromatic carbocycles. The van der Waals surface area contributed by atoms with E-state index in [-0.39, 0.29) is 24.0 Å². The lowest BCUT2D eigenvalue weighted by atomic mass is 10.0. The SMILES string of the molecule is CC(=O)NC(CC(=O)Nc1ccc(C(C)=O)cc1)c1ccc(Cl)cc1. The van der Waals surface area contributed by atoms with Crippen LogP contribution in [0.25, 0.3) is 0 Å². The molecule has 0 radical (unpaired) electrons. The molecular weight excluding hydrogens is 340 g/mol. The van der Waals surface area contributed by atoms with Crippen LogP contribution in [0.15, 0.2) is 48.5 Å². The van der Waals surface area contributed by atoms with Gasteiger partial charge in [-0.1, -0.05) is 23.7 Å². The molecular formula is C19H19ClN2O3. The van der Waals surface area contributed by atoms with Gasteiger partial charge in [0.2, 0.25) is 11.8 Å². The lowest BCUT2D eigenvalue weighted by molar-refractivity contribution is -0.120. The third kappa shape index (κ3) is 5.72. The highest BCUT2D eigenvalue weighted by Gasteiger charge is 2.17. The van der Waals surface area contributed by atoms with E-state index >= 15 is 0 Å². The number of rotatable bonds is 6. The topological polar surface area (TPSA) is 75.3 Å². The van der Waals surface area contributed by atoms with Gasteiger partial charge in [0.15, 0.2) is 5.78 Å². The zero-order valence-corrected chi connectivity index (χ0v) is 14.8. The molecule has 0 heterocycles. The van der Waals surface area contributed by atoms with Crippen molar-refractivity contribution < 1.29 is 14.4 Å². The molecule has 6 heteroatoms. The Morgan fingerprint density at radius 3 is 2.08 bits per heavy atom. The zero-order valence-electron chi connectivity index (χ0n) is 14.0. The van der Waals surface area contributed by atoms with Crippen LogP contribution in [0.1, 0.15) is 42.2 Å². The molecule has 0 spiro atoms. The molecule has 0 aromatic heterocycles. The Balaban J connectivity index is 2.07. The Hall–Kier alpha value is -2.66. The van der Waals surface area contributed by atoms with Crippen molar-refractivity contribution in [1.29, 1.82) is 0 Å². The molecule has 0 bridgehead atoms. The number of ketones is 1. The normalized spacial score (nSPS) is 11.5. The molecule has 0 aliphatic rings. The van der Waals surface area contributed by atoms with Gasteiger partial charge in [-0.25, -0.2) is 0 Å². The number of anilines is 1. The monoisotopic (exact) mass is 358 g/mol. The van der Waals surface area contributed by atoms with Gasteiger partial charge in [-0.15, -0.1) is 0 Å². The summed E-state index contributed by atoms with van der Waals surface area (Å²) in [6.45, 7) is 2.89. The molecule has 0 saturated heterocycles. The largest absolute Gasteiger partial charge is 0.349 e. The van der Waals surface area contributed by atoms with E-state index in [1.165, 1.54) is 13.8 Å². The van der Waals surface area contributed by atoms with Gasteiger partial charge in [0.25, 0.3) is 0 Å². The maximum atomic E-state index is 12.3. The van der Waals surface area contributed by atoms with Gasteiger partial charge in [0.1, 0.15) is 0 Å². The van der Waals surface area contributed by atoms with Crippen LogP contribution in [-0.4, -0.2) is 17.6 Å². The summed E-state index contributed by atoms with van der Waals surface area (Å²) >= 11 is 5.88. The summed E-state index contributed by atoms with van der Waals surface area (Å²) in [4.78, 5) is 35.0. The van der Waals surface area contributed by atoms with Crippen LogP contribution in [0, 0.1) is 0 Å². The highest BCUT2D eigenvalue weighted by atomic mass is 35.5. The first-order valence-electron chi connectivity index (χ1n) is 7.78. The summed E-state index contributed by atoms with van der Waals surface area (Å²) in [5.74, 6) is -0.505. The van der Waals surface area contributed by atoms with E-state index in [1.807, 2.05) is 0 Å². The molecule has 0 saturated carbocycles. The molecule has 1 atom stereocenters. The highest BCUT2D eigenvalue weighted by molar-refractivity contribution is 6.30. The Kier molecular flexibility index (Phi) is 6.31. The molecule has 25 heavy (non-hydrogen) atoms. The fraction of sp³-hybridized carbons (Fsp3) is 0.211. The highest BCUT2D eigenvalue weighted by Crippen LogP contribution is 2.20. The van der Waals surface area contributed by atoms with Gasteiger partial charge in [-0.3, -0.25) is 14.4 Å². The third-order valence-electron chi connectivity index (χ3n) is 3.61. The first-order chi connectivity index (χ1) is 11.8. The molecule has 2 N–H and O–H groups in total. The maximum absolute atomic E-state index is 12.3. The average molecular weight is 359 g/mol. The Bertz CT molecular complexity index is 770. The van der Waals surface area contributed by atoms with Gasteiger partial charge in [0, 0.05) is 23.2 Å². The molecule has 2 amide bonds. The van der Waals surface area contributed by atoms with Gasteiger partial charge < -0.3 is 10.6 Å². The molecule has 0 aliphatic carbocycles. The second-order valence-electron chi connectivity index (χ2n) is 5.69. The van der Waals surface area contributed by atoms with Gasteiger partial charge >= 0.3 is 0 Å². The number of hydrogen-bond acceptors (Lipinski definition) is 3. The Morgan fingerprint density at radius 2 is 1.56 bits per heavy atom. The van der Waals surface area contributed by atoms with E-state index in [0.29, 0.717) is 16.3 Å². The number of nitrogens with one attached hydrogen (secondary N) is 2. The van der Waals surface area contributed by atoms with Crippen LogP contribution in [0.2, 0.25) is 5.02 Å². The van der Waals surface area contributed by atoms with Crippen LogP contribution in [0.5, 0.6) is 0 Å². The van der Waals surface area contributed by atoms with Crippen molar-refractivity contribution in [3.05, 3.63) is 64.7 Å². The lowest BCUT2D eigenvalue weighted by Crippen LogP contribution is -2.29. The van der Waals surface area contributed by atoms with Crippen LogP contribution < -0.4 is 10.6 Å². The number of benzene rings is 2. The second kappa shape index (κ2) is 8.44. The molecule has 0 aliphatic heterocycles. The van der Waals surface area contributed by atoms with Gasteiger partial charge in [-0.05, 0) is 48.9 Å². The Morgan fingerprint density at radius 1 is 0.960 bits per heavy atom. The molecule has 1 unspecified atom stereocenters. The third-order valence-corrected chi connectivity index (χ3v) is 3.87. The van der Waals surface area contributed by atoms with Crippen LogP contribution in [0.4, 0.5) is 5.69 Å². The van der Waals surface area contributed by atoms with Crippen molar-refractivity contribution in [3.8, 4) is 0 Å². The van der Waals surface area contributed by atoms with Crippen molar-refractivity contribution in [2.24, 2.45) is 0 Å². The summed E-state index contributed by atoms with van der Waals surface area (Å²) in [6.07, 6.45) is 0.0790.